The topological polar surface area (TPSA) is 70.5 Å². The summed E-state index contributed by atoms with van der Waals surface area (Å²) < 4.78 is 1.08. The van der Waals surface area contributed by atoms with Crippen molar-refractivity contribution in [3.05, 3.63) is 99.5 Å². The third kappa shape index (κ3) is 6.69. The number of likely N-dealkylation sites (tertiary alicyclic amines) is 1. The van der Waals surface area contributed by atoms with Crippen molar-refractivity contribution in [1.82, 2.24) is 9.88 Å². The van der Waals surface area contributed by atoms with Gasteiger partial charge in [-0.1, -0.05) is 72.6 Å². The van der Waals surface area contributed by atoms with Gasteiger partial charge in [-0.05, 0) is 61.2 Å². The van der Waals surface area contributed by atoms with Gasteiger partial charge in [0, 0.05) is 16.0 Å². The number of carboxylic acid groups (broad SMARTS) is 1. The number of thiazole rings is 1. The summed E-state index contributed by atoms with van der Waals surface area (Å²) in [6, 6.07) is 24.6. The Hall–Kier alpha value is -2.93. The normalized spacial score (nSPS) is 18.2. The summed E-state index contributed by atoms with van der Waals surface area (Å²) in [5.74, 6) is -1.55. The monoisotopic (exact) mass is 554 g/mol. The highest BCUT2D eigenvalue weighted by Gasteiger charge is 2.41. The lowest BCUT2D eigenvalue weighted by Crippen LogP contribution is -2.45. The van der Waals surface area contributed by atoms with Gasteiger partial charge >= 0.3 is 5.97 Å². The number of fused-ring (bicyclic) bond motifs is 1. The largest absolute Gasteiger partial charge is 0.481 e. The van der Waals surface area contributed by atoms with E-state index in [0.717, 1.165) is 25.8 Å². The first-order valence-corrected chi connectivity index (χ1v) is 13.8. The van der Waals surface area contributed by atoms with Crippen molar-refractivity contribution >= 4 is 56.6 Å². The van der Waals surface area contributed by atoms with Crippen LogP contribution in [0.3, 0.4) is 0 Å². The molecular weight excluding hydrogens is 527 g/mol. The van der Waals surface area contributed by atoms with Crippen molar-refractivity contribution in [1.29, 1.82) is 0 Å². The van der Waals surface area contributed by atoms with E-state index in [9.17, 15) is 14.7 Å². The molecule has 4 aromatic rings. The molecule has 192 valence electrons. The van der Waals surface area contributed by atoms with Gasteiger partial charge in [0.25, 0.3) is 0 Å². The van der Waals surface area contributed by atoms with Crippen LogP contribution in [0.25, 0.3) is 10.2 Å². The Bertz CT molecular complexity index is 1310. The second-order valence-electron chi connectivity index (χ2n) is 8.92. The first kappa shape index (κ1) is 27.1. The minimum atomic E-state index is -0.939. The second-order valence-corrected chi connectivity index (χ2v) is 10.9. The molecule has 0 bridgehead atoms. The molecule has 2 unspecified atom stereocenters. The minimum absolute atomic E-state index is 0.102. The zero-order valence-electron chi connectivity index (χ0n) is 20.4. The second kappa shape index (κ2) is 12.5. The van der Waals surface area contributed by atoms with Gasteiger partial charge in [0.15, 0.2) is 0 Å². The number of halogens is 2. The minimum Gasteiger partial charge on any atom is -0.481 e. The summed E-state index contributed by atoms with van der Waals surface area (Å²) >= 11 is 13.2. The number of nitrogens with zero attached hydrogens (tertiary/aromatic N) is 2. The van der Waals surface area contributed by atoms with E-state index in [2.05, 4.69) is 0 Å². The number of para-hydroxylation sites is 1. The zero-order valence-corrected chi connectivity index (χ0v) is 22.7. The van der Waals surface area contributed by atoms with Crippen LogP contribution >= 0.6 is 34.5 Å². The number of carbonyl (C=O) groups excluding carboxylic acids is 1. The molecule has 1 aliphatic heterocycles. The first-order chi connectivity index (χ1) is 17.9. The SMILES string of the molecule is CCC(c1nc2ccccc2s1)N1C(=O)[C@@H](CC(=O)O)CCC1c1ccc(Cl)cc1.Clc1ccccc1. The predicted octanol–water partition coefficient (Wildman–Crippen LogP) is 8.20. The fraction of sp³-hybridized carbons (Fsp3) is 0.276. The van der Waals surface area contributed by atoms with Crippen molar-refractivity contribution in [2.45, 2.75) is 44.7 Å². The quantitative estimate of drug-likeness (QED) is 0.260. The van der Waals surface area contributed by atoms with E-state index < -0.39 is 11.9 Å². The number of aromatic nitrogens is 1. The van der Waals surface area contributed by atoms with E-state index in [-0.39, 0.29) is 24.4 Å². The van der Waals surface area contributed by atoms with Crippen LogP contribution in [0, 0.1) is 5.92 Å². The molecule has 3 atom stereocenters. The third-order valence-corrected chi connectivity index (χ3v) is 8.10. The lowest BCUT2D eigenvalue weighted by molar-refractivity contribution is -0.151. The molecule has 1 N–H and O–H groups in total. The fourth-order valence-electron chi connectivity index (χ4n) is 4.71. The van der Waals surface area contributed by atoms with Gasteiger partial charge in [-0.25, -0.2) is 4.98 Å². The average Bonchev–Trinajstić information content (AvgIpc) is 3.32. The smallest absolute Gasteiger partial charge is 0.304 e. The molecule has 1 aromatic heterocycles. The molecule has 0 spiro atoms. The number of benzene rings is 3. The van der Waals surface area contributed by atoms with Gasteiger partial charge in [0.05, 0.1) is 28.7 Å². The van der Waals surface area contributed by atoms with Crippen LogP contribution in [-0.2, 0) is 9.59 Å². The number of hydrogen-bond donors (Lipinski definition) is 1. The van der Waals surface area contributed by atoms with E-state index in [1.165, 1.54) is 0 Å². The Morgan fingerprint density at radius 2 is 1.65 bits per heavy atom. The molecule has 0 saturated carbocycles. The predicted molar refractivity (Wildman–Crippen MR) is 150 cm³/mol. The van der Waals surface area contributed by atoms with Gasteiger partial charge < -0.3 is 10.0 Å². The van der Waals surface area contributed by atoms with Crippen LogP contribution in [0.1, 0.15) is 55.3 Å². The Morgan fingerprint density at radius 3 is 2.24 bits per heavy atom. The summed E-state index contributed by atoms with van der Waals surface area (Å²) in [7, 11) is 0. The van der Waals surface area contributed by atoms with Gasteiger partial charge in [-0.3, -0.25) is 9.59 Å². The number of hydrogen-bond acceptors (Lipinski definition) is 4. The van der Waals surface area contributed by atoms with Crippen LogP contribution in [0.5, 0.6) is 0 Å². The number of amides is 1. The molecule has 5 rings (SSSR count). The number of carboxylic acids is 1. The summed E-state index contributed by atoms with van der Waals surface area (Å²) in [4.78, 5) is 31.5. The summed E-state index contributed by atoms with van der Waals surface area (Å²) in [5, 5.41) is 11.6. The Kier molecular flexibility index (Phi) is 9.19. The maximum absolute atomic E-state index is 13.5. The standard InChI is InChI=1S/C23H23ClN2O3S.C6H5Cl/c1-2-18(22-25-17-5-3-4-6-20(17)30-22)26-19(14-7-10-16(24)11-8-14)12-9-15(23(26)29)13-21(27)28;7-6-4-2-1-3-5-6/h3-8,10-11,15,18-19H,2,9,12-13H2,1H3,(H,27,28);1-5H/t15-,18?,19?;/m1./s1. The summed E-state index contributed by atoms with van der Waals surface area (Å²) in [5.41, 5.74) is 1.94. The summed E-state index contributed by atoms with van der Waals surface area (Å²) in [6.07, 6.45) is 1.84. The molecule has 1 amide bonds. The van der Waals surface area contributed by atoms with Crippen molar-refractivity contribution in [3.63, 3.8) is 0 Å². The molecule has 2 heterocycles. The van der Waals surface area contributed by atoms with E-state index >= 15 is 0 Å². The van der Waals surface area contributed by atoms with E-state index in [1.807, 2.05) is 90.7 Å². The van der Waals surface area contributed by atoms with Crippen LogP contribution in [0.15, 0.2) is 78.9 Å². The van der Waals surface area contributed by atoms with Crippen LogP contribution in [-0.4, -0.2) is 26.9 Å². The van der Waals surface area contributed by atoms with Gasteiger partial charge in [-0.2, -0.15) is 0 Å². The highest BCUT2D eigenvalue weighted by atomic mass is 35.5. The third-order valence-electron chi connectivity index (χ3n) is 6.45. The Labute approximate surface area is 230 Å². The molecule has 37 heavy (non-hydrogen) atoms. The van der Waals surface area contributed by atoms with E-state index in [1.54, 1.807) is 11.3 Å². The number of aliphatic carboxylic acids is 1. The molecule has 0 aliphatic carbocycles. The lowest BCUT2D eigenvalue weighted by atomic mass is 9.85. The molecule has 1 aliphatic rings. The van der Waals surface area contributed by atoms with E-state index in [0.29, 0.717) is 24.3 Å². The number of carbonyl (C=O) groups is 2. The molecule has 3 aromatic carbocycles. The van der Waals surface area contributed by atoms with Gasteiger partial charge in [0.2, 0.25) is 5.91 Å². The van der Waals surface area contributed by atoms with Crippen LogP contribution in [0.2, 0.25) is 10.0 Å². The first-order valence-electron chi connectivity index (χ1n) is 12.2. The van der Waals surface area contributed by atoms with Crippen molar-refractivity contribution in [3.8, 4) is 0 Å². The maximum atomic E-state index is 13.5. The summed E-state index contributed by atoms with van der Waals surface area (Å²) in [6.45, 7) is 2.05. The van der Waals surface area contributed by atoms with Crippen molar-refractivity contribution in [2.75, 3.05) is 0 Å². The van der Waals surface area contributed by atoms with Crippen LogP contribution < -0.4 is 0 Å². The number of rotatable bonds is 6. The molecule has 1 saturated heterocycles. The Morgan fingerprint density at radius 1 is 1.00 bits per heavy atom. The zero-order chi connectivity index (χ0) is 26.4. The van der Waals surface area contributed by atoms with Gasteiger partial charge in [-0.15, -0.1) is 11.3 Å². The number of piperidine rings is 1. The lowest BCUT2D eigenvalue weighted by Gasteiger charge is -2.43. The maximum Gasteiger partial charge on any atom is 0.304 e. The highest BCUT2D eigenvalue weighted by Crippen LogP contribution is 2.43. The molecule has 0 radical (unpaired) electrons. The highest BCUT2D eigenvalue weighted by molar-refractivity contribution is 7.18. The average molecular weight is 556 g/mol. The van der Waals surface area contributed by atoms with E-state index in [4.69, 9.17) is 28.2 Å². The van der Waals surface area contributed by atoms with Crippen molar-refractivity contribution < 1.29 is 14.7 Å². The van der Waals surface area contributed by atoms with Crippen LogP contribution in [0.4, 0.5) is 0 Å². The van der Waals surface area contributed by atoms with Gasteiger partial charge in [0.1, 0.15) is 5.01 Å². The molecular formula is C29H28Cl2N2O3S. The Balaban J connectivity index is 0.000000396. The molecule has 5 nitrogen and oxygen atoms in total. The van der Waals surface area contributed by atoms with Crippen molar-refractivity contribution in [2.24, 2.45) is 5.92 Å². The fourth-order valence-corrected chi connectivity index (χ4v) is 6.13. The molecule has 1 fully saturated rings. The molecule has 8 heteroatoms.